The van der Waals surface area contributed by atoms with Crippen molar-refractivity contribution in [2.75, 3.05) is 19.6 Å². The van der Waals surface area contributed by atoms with Crippen molar-refractivity contribution in [3.8, 4) is 17.3 Å². The molecule has 2 atom stereocenters. The Hall–Kier alpha value is -2.16. The van der Waals surface area contributed by atoms with Crippen LogP contribution in [0, 0.1) is 23.2 Å². The first kappa shape index (κ1) is 17.7. The van der Waals surface area contributed by atoms with E-state index in [2.05, 4.69) is 29.8 Å². The second-order valence-electron chi connectivity index (χ2n) is 6.98. The molecule has 2 heterocycles. The average Bonchev–Trinajstić information content (AvgIpc) is 3.05. The lowest BCUT2D eigenvalue weighted by Crippen LogP contribution is -2.39. The molecule has 2 aromatic rings. The zero-order valence-electron chi connectivity index (χ0n) is 14.6. The Morgan fingerprint density at radius 2 is 1.96 bits per heavy atom. The quantitative estimate of drug-likeness (QED) is 0.645. The van der Waals surface area contributed by atoms with Crippen LogP contribution in [0.5, 0.6) is 0 Å². The molecule has 130 valence electrons. The first-order chi connectivity index (χ1) is 12.1. The Labute approximate surface area is 153 Å². The van der Waals surface area contributed by atoms with Crippen molar-refractivity contribution in [2.45, 2.75) is 20.3 Å². The summed E-state index contributed by atoms with van der Waals surface area (Å²) in [4.78, 5) is 6.79. The lowest BCUT2D eigenvalue weighted by Gasteiger charge is -2.34. The molecule has 0 aliphatic carbocycles. The lowest BCUT2D eigenvalue weighted by molar-refractivity contribution is 0.138. The number of aliphatic hydroxyl groups is 1. The van der Waals surface area contributed by atoms with Crippen LogP contribution in [0.25, 0.3) is 16.8 Å². The molecule has 1 aliphatic heterocycles. The molecule has 4 nitrogen and oxygen atoms in total. The molecular weight excluding hydrogens is 330 g/mol. The van der Waals surface area contributed by atoms with Crippen LogP contribution >= 0.6 is 11.3 Å². The van der Waals surface area contributed by atoms with E-state index in [0.29, 0.717) is 23.4 Å². The Bertz CT molecular complexity index is 781. The summed E-state index contributed by atoms with van der Waals surface area (Å²) in [6.45, 7) is 6.81. The number of aliphatic hydroxyl groups excluding tert-OH is 1. The van der Waals surface area contributed by atoms with Gasteiger partial charge in [0.15, 0.2) is 0 Å². The molecule has 0 amide bonds. The van der Waals surface area contributed by atoms with Crippen molar-refractivity contribution in [2.24, 2.45) is 11.8 Å². The molecule has 3 rings (SSSR count). The molecule has 0 radical (unpaired) electrons. The molecule has 1 aromatic heterocycles. The highest BCUT2D eigenvalue weighted by molar-refractivity contribution is 7.11. The second-order valence-corrected chi connectivity index (χ2v) is 7.84. The van der Waals surface area contributed by atoms with Gasteiger partial charge in [-0.2, -0.15) is 5.26 Å². The predicted octanol–water partition coefficient (Wildman–Crippen LogP) is 4.58. The van der Waals surface area contributed by atoms with Crippen LogP contribution in [0.4, 0.5) is 0 Å². The summed E-state index contributed by atoms with van der Waals surface area (Å²) in [6, 6.07) is 12.0. The van der Waals surface area contributed by atoms with Crippen LogP contribution in [-0.2, 0) is 0 Å². The van der Waals surface area contributed by atoms with Crippen molar-refractivity contribution in [1.29, 1.82) is 5.26 Å². The monoisotopic (exact) mass is 353 g/mol. The van der Waals surface area contributed by atoms with Gasteiger partial charge in [-0.25, -0.2) is 4.98 Å². The summed E-state index contributed by atoms with van der Waals surface area (Å²) in [5.41, 5.74) is 2.14. The molecular formula is C20H23N3OS. The standard InChI is InChI=1S/C20H23N3OS/c1-14-8-15(2)11-23(10-14)12-19(24)17(9-21)20-22-18(13-25-20)16-6-4-3-5-7-16/h3-7,13-15,24H,8,10-12H2,1-2H3/b19-17-/t14-,15-/m0/s1. The van der Waals surface area contributed by atoms with E-state index in [1.54, 1.807) is 0 Å². The van der Waals surface area contributed by atoms with E-state index in [9.17, 15) is 10.4 Å². The number of rotatable bonds is 4. The Morgan fingerprint density at radius 1 is 1.28 bits per heavy atom. The van der Waals surface area contributed by atoms with E-state index in [-0.39, 0.29) is 11.3 Å². The maximum Gasteiger partial charge on any atom is 0.138 e. The average molecular weight is 353 g/mol. The van der Waals surface area contributed by atoms with Gasteiger partial charge in [0.25, 0.3) is 0 Å². The number of thiazole rings is 1. The van der Waals surface area contributed by atoms with Crippen molar-refractivity contribution in [3.05, 3.63) is 46.5 Å². The molecule has 25 heavy (non-hydrogen) atoms. The summed E-state index contributed by atoms with van der Waals surface area (Å²) in [5.74, 6) is 1.36. The fourth-order valence-corrected chi connectivity index (χ4v) is 4.42. The molecule has 0 bridgehead atoms. The molecule has 1 aliphatic rings. The van der Waals surface area contributed by atoms with Gasteiger partial charge in [-0.05, 0) is 18.3 Å². The third kappa shape index (κ3) is 4.28. The van der Waals surface area contributed by atoms with Crippen LogP contribution in [0.1, 0.15) is 25.3 Å². The van der Waals surface area contributed by atoms with Gasteiger partial charge in [0.2, 0.25) is 0 Å². The highest BCUT2D eigenvalue weighted by atomic mass is 32.1. The molecule has 1 fully saturated rings. The van der Waals surface area contributed by atoms with Gasteiger partial charge < -0.3 is 5.11 Å². The van der Waals surface area contributed by atoms with E-state index in [4.69, 9.17) is 0 Å². The first-order valence-electron chi connectivity index (χ1n) is 8.62. The van der Waals surface area contributed by atoms with E-state index in [1.807, 2.05) is 35.7 Å². The van der Waals surface area contributed by atoms with E-state index >= 15 is 0 Å². The molecule has 5 heteroatoms. The van der Waals surface area contributed by atoms with Gasteiger partial charge in [-0.3, -0.25) is 4.90 Å². The summed E-state index contributed by atoms with van der Waals surface area (Å²) in [7, 11) is 0. The molecule has 0 saturated carbocycles. The molecule has 0 unspecified atom stereocenters. The minimum Gasteiger partial charge on any atom is -0.509 e. The van der Waals surface area contributed by atoms with Gasteiger partial charge in [0.1, 0.15) is 22.4 Å². The molecule has 1 saturated heterocycles. The van der Waals surface area contributed by atoms with Crippen molar-refractivity contribution in [3.63, 3.8) is 0 Å². The molecule has 1 N–H and O–H groups in total. The molecule has 0 spiro atoms. The third-order valence-electron chi connectivity index (χ3n) is 4.51. The Balaban J connectivity index is 1.80. The van der Waals surface area contributed by atoms with Crippen LogP contribution in [-0.4, -0.2) is 34.6 Å². The van der Waals surface area contributed by atoms with Crippen LogP contribution in [0.2, 0.25) is 0 Å². The SMILES string of the molecule is C[C@H]1C[C@H](C)CN(C/C(O)=C(\C#N)c2nc(-c3ccccc3)cs2)C1. The number of benzene rings is 1. The van der Waals surface area contributed by atoms with Gasteiger partial charge in [0, 0.05) is 24.0 Å². The normalized spacial score (nSPS) is 22.3. The maximum atomic E-state index is 10.5. The van der Waals surface area contributed by atoms with Crippen molar-refractivity contribution in [1.82, 2.24) is 9.88 Å². The number of aromatic nitrogens is 1. The summed E-state index contributed by atoms with van der Waals surface area (Å²) >= 11 is 1.40. The fourth-order valence-electron chi connectivity index (χ4n) is 3.58. The maximum absolute atomic E-state index is 10.5. The Kier molecular flexibility index (Phi) is 5.52. The number of allylic oxidation sites excluding steroid dienone is 1. The van der Waals surface area contributed by atoms with Crippen LogP contribution in [0.15, 0.2) is 41.5 Å². The van der Waals surface area contributed by atoms with E-state index < -0.39 is 0 Å². The van der Waals surface area contributed by atoms with Crippen molar-refractivity contribution >= 4 is 16.9 Å². The largest absolute Gasteiger partial charge is 0.509 e. The number of piperidine rings is 1. The van der Waals surface area contributed by atoms with Gasteiger partial charge in [0.05, 0.1) is 12.2 Å². The first-order valence-corrected chi connectivity index (χ1v) is 9.50. The number of hydrogen-bond donors (Lipinski definition) is 1. The Morgan fingerprint density at radius 3 is 2.60 bits per heavy atom. The second kappa shape index (κ2) is 7.81. The zero-order valence-corrected chi connectivity index (χ0v) is 15.5. The third-order valence-corrected chi connectivity index (χ3v) is 5.37. The summed E-state index contributed by atoms with van der Waals surface area (Å²) in [6.07, 6.45) is 1.22. The highest BCUT2D eigenvalue weighted by Crippen LogP contribution is 2.28. The van der Waals surface area contributed by atoms with Gasteiger partial charge in [-0.15, -0.1) is 11.3 Å². The number of nitrogens with zero attached hydrogens (tertiary/aromatic N) is 3. The topological polar surface area (TPSA) is 60.1 Å². The minimum atomic E-state index is 0.123. The number of likely N-dealkylation sites (tertiary alicyclic amines) is 1. The van der Waals surface area contributed by atoms with Crippen LogP contribution in [0.3, 0.4) is 0 Å². The summed E-state index contributed by atoms with van der Waals surface area (Å²) < 4.78 is 0. The number of hydrogen-bond acceptors (Lipinski definition) is 5. The summed E-state index contributed by atoms with van der Waals surface area (Å²) in [5, 5.41) is 22.6. The zero-order chi connectivity index (χ0) is 17.8. The highest BCUT2D eigenvalue weighted by Gasteiger charge is 2.24. The van der Waals surface area contributed by atoms with E-state index in [1.165, 1.54) is 17.8 Å². The van der Waals surface area contributed by atoms with Crippen molar-refractivity contribution < 1.29 is 5.11 Å². The van der Waals surface area contributed by atoms with E-state index in [0.717, 1.165) is 24.3 Å². The number of nitriles is 1. The molecule has 1 aromatic carbocycles. The fraction of sp³-hybridized carbons (Fsp3) is 0.400. The smallest absolute Gasteiger partial charge is 0.138 e. The minimum absolute atomic E-state index is 0.123. The lowest BCUT2D eigenvalue weighted by atomic mass is 9.92. The van der Waals surface area contributed by atoms with Crippen LogP contribution < -0.4 is 0 Å². The predicted molar refractivity (Wildman–Crippen MR) is 102 cm³/mol. The van der Waals surface area contributed by atoms with Gasteiger partial charge in [-0.1, -0.05) is 44.2 Å². The van der Waals surface area contributed by atoms with Gasteiger partial charge >= 0.3 is 0 Å².